The molecule has 6 heteroatoms. The van der Waals surface area contributed by atoms with Crippen LogP contribution in [0.4, 0.5) is 4.39 Å². The first-order chi connectivity index (χ1) is 14.1. The molecule has 1 heterocycles. The van der Waals surface area contributed by atoms with Crippen LogP contribution in [0.25, 0.3) is 0 Å². The van der Waals surface area contributed by atoms with Crippen molar-refractivity contribution in [1.29, 1.82) is 0 Å². The number of carbonyl (C=O) groups excluding carboxylic acids is 1. The largest absolute Gasteiger partial charge is 0.497 e. The van der Waals surface area contributed by atoms with Crippen molar-refractivity contribution in [3.63, 3.8) is 0 Å². The first kappa shape index (κ1) is 21.1. The highest BCUT2D eigenvalue weighted by molar-refractivity contribution is 5.80. The summed E-state index contributed by atoms with van der Waals surface area (Å²) in [6.07, 6.45) is 2.93. The average molecular weight is 400 g/mol. The van der Waals surface area contributed by atoms with Gasteiger partial charge in [-0.3, -0.25) is 9.69 Å². The van der Waals surface area contributed by atoms with E-state index in [1.54, 1.807) is 14.0 Å². The van der Waals surface area contributed by atoms with Gasteiger partial charge in [0.1, 0.15) is 17.3 Å². The lowest BCUT2D eigenvalue weighted by molar-refractivity contribution is -0.127. The Morgan fingerprint density at radius 2 is 1.66 bits per heavy atom. The number of nitrogens with zero attached hydrogens (tertiary/aromatic N) is 1. The smallest absolute Gasteiger partial charge is 0.260 e. The van der Waals surface area contributed by atoms with Crippen LogP contribution < -0.4 is 14.8 Å². The Hall–Kier alpha value is -2.60. The molecule has 0 unspecified atom stereocenters. The number of ether oxygens (including phenoxy) is 2. The number of piperidine rings is 1. The van der Waals surface area contributed by atoms with Crippen molar-refractivity contribution < 1.29 is 18.7 Å². The Bertz CT molecular complexity index is 774. The number of halogens is 1. The summed E-state index contributed by atoms with van der Waals surface area (Å²) < 4.78 is 23.9. The van der Waals surface area contributed by atoms with Crippen LogP contribution in [0.2, 0.25) is 0 Å². The zero-order chi connectivity index (χ0) is 20.6. The van der Waals surface area contributed by atoms with Gasteiger partial charge in [0.25, 0.3) is 5.91 Å². The van der Waals surface area contributed by atoms with Crippen LogP contribution in [0.1, 0.15) is 37.8 Å². The minimum Gasteiger partial charge on any atom is -0.497 e. The first-order valence-electron chi connectivity index (χ1n) is 10.1. The number of likely N-dealkylation sites (tertiary alicyclic amines) is 1. The molecule has 0 saturated carbocycles. The lowest BCUT2D eigenvalue weighted by atomic mass is 10.0. The SMILES string of the molecule is COc1ccc([C@@H](CNC(=O)[C@H](C)Oc2ccc(F)cc2)N2CCCCC2)cc1. The summed E-state index contributed by atoms with van der Waals surface area (Å²) in [7, 11) is 1.65. The number of hydrogen-bond donors (Lipinski definition) is 1. The van der Waals surface area contributed by atoms with Crippen molar-refractivity contribution in [1.82, 2.24) is 10.2 Å². The van der Waals surface area contributed by atoms with Crippen molar-refractivity contribution in [3.05, 3.63) is 59.9 Å². The standard InChI is InChI=1S/C23H29FN2O3/c1-17(29-21-12-8-19(24)9-13-21)23(27)25-16-22(26-14-4-3-5-15-26)18-6-10-20(28-2)11-7-18/h6-13,17,22H,3-5,14-16H2,1-2H3,(H,25,27)/t17-,22+/m0/s1. The maximum Gasteiger partial charge on any atom is 0.260 e. The number of nitrogens with one attached hydrogen (secondary N) is 1. The van der Waals surface area contributed by atoms with Gasteiger partial charge in [0.15, 0.2) is 6.10 Å². The molecule has 29 heavy (non-hydrogen) atoms. The van der Waals surface area contributed by atoms with Crippen molar-refractivity contribution in [2.75, 3.05) is 26.7 Å². The van der Waals surface area contributed by atoms with E-state index in [-0.39, 0.29) is 17.8 Å². The number of hydrogen-bond acceptors (Lipinski definition) is 4. The summed E-state index contributed by atoms with van der Waals surface area (Å²) in [5.41, 5.74) is 1.15. The molecule has 1 amide bonds. The average Bonchev–Trinajstić information content (AvgIpc) is 2.76. The van der Waals surface area contributed by atoms with Crippen molar-refractivity contribution in [3.8, 4) is 11.5 Å². The van der Waals surface area contributed by atoms with Crippen LogP contribution in [0.5, 0.6) is 11.5 Å². The molecule has 1 aliphatic heterocycles. The van der Waals surface area contributed by atoms with Gasteiger partial charge in [-0.1, -0.05) is 18.6 Å². The molecule has 1 aliphatic rings. The molecule has 0 aromatic heterocycles. The molecule has 0 bridgehead atoms. The molecule has 0 aliphatic carbocycles. The lowest BCUT2D eigenvalue weighted by Crippen LogP contribution is -2.43. The third kappa shape index (κ3) is 5.94. The highest BCUT2D eigenvalue weighted by Crippen LogP contribution is 2.26. The molecule has 2 aromatic rings. The number of rotatable bonds is 8. The second-order valence-corrected chi connectivity index (χ2v) is 7.34. The van der Waals surface area contributed by atoms with E-state index >= 15 is 0 Å². The Morgan fingerprint density at radius 1 is 1.03 bits per heavy atom. The summed E-state index contributed by atoms with van der Waals surface area (Å²) in [5.74, 6) is 0.761. The number of amides is 1. The molecular weight excluding hydrogens is 371 g/mol. The van der Waals surface area contributed by atoms with Gasteiger partial charge < -0.3 is 14.8 Å². The van der Waals surface area contributed by atoms with E-state index in [0.29, 0.717) is 12.3 Å². The zero-order valence-corrected chi connectivity index (χ0v) is 17.1. The molecule has 1 fully saturated rings. The number of carbonyl (C=O) groups is 1. The lowest BCUT2D eigenvalue weighted by Gasteiger charge is -2.35. The first-order valence-corrected chi connectivity index (χ1v) is 10.1. The molecule has 2 aromatic carbocycles. The molecule has 1 saturated heterocycles. The van der Waals surface area contributed by atoms with Crippen LogP contribution in [-0.4, -0.2) is 43.7 Å². The third-order valence-corrected chi connectivity index (χ3v) is 5.30. The Morgan fingerprint density at radius 3 is 2.28 bits per heavy atom. The monoisotopic (exact) mass is 400 g/mol. The fraction of sp³-hybridized carbons (Fsp3) is 0.435. The van der Waals surface area contributed by atoms with Crippen LogP contribution in [-0.2, 0) is 4.79 Å². The topological polar surface area (TPSA) is 50.8 Å². The van der Waals surface area contributed by atoms with E-state index < -0.39 is 6.10 Å². The Balaban J connectivity index is 1.63. The Kier molecular flexibility index (Phi) is 7.47. The van der Waals surface area contributed by atoms with Gasteiger partial charge in [0.05, 0.1) is 13.2 Å². The van der Waals surface area contributed by atoms with Gasteiger partial charge in [-0.15, -0.1) is 0 Å². The van der Waals surface area contributed by atoms with Crippen molar-refractivity contribution in [2.24, 2.45) is 0 Å². The van der Waals surface area contributed by atoms with Crippen LogP contribution in [0.3, 0.4) is 0 Å². The van der Waals surface area contributed by atoms with Gasteiger partial charge in [-0.05, 0) is 74.8 Å². The number of methoxy groups -OCH3 is 1. The van der Waals surface area contributed by atoms with Crippen LogP contribution in [0, 0.1) is 5.82 Å². The third-order valence-electron chi connectivity index (χ3n) is 5.30. The molecule has 1 N–H and O–H groups in total. The van der Waals surface area contributed by atoms with Gasteiger partial charge >= 0.3 is 0 Å². The van der Waals surface area contributed by atoms with Crippen molar-refractivity contribution in [2.45, 2.75) is 38.3 Å². The fourth-order valence-corrected chi connectivity index (χ4v) is 3.63. The van der Waals surface area contributed by atoms with E-state index in [2.05, 4.69) is 22.3 Å². The van der Waals surface area contributed by atoms with E-state index in [1.165, 1.54) is 43.5 Å². The second kappa shape index (κ2) is 10.3. The highest BCUT2D eigenvalue weighted by Gasteiger charge is 2.24. The highest BCUT2D eigenvalue weighted by atomic mass is 19.1. The maximum atomic E-state index is 13.0. The van der Waals surface area contributed by atoms with Gasteiger partial charge in [0.2, 0.25) is 0 Å². The quantitative estimate of drug-likeness (QED) is 0.729. The summed E-state index contributed by atoms with van der Waals surface area (Å²) in [5, 5.41) is 3.03. The van der Waals surface area contributed by atoms with E-state index in [0.717, 1.165) is 24.4 Å². The second-order valence-electron chi connectivity index (χ2n) is 7.34. The van der Waals surface area contributed by atoms with E-state index in [4.69, 9.17) is 9.47 Å². The predicted octanol–water partition coefficient (Wildman–Crippen LogP) is 3.95. The minimum absolute atomic E-state index is 0.100. The fourth-order valence-electron chi connectivity index (χ4n) is 3.63. The minimum atomic E-state index is -0.668. The predicted molar refractivity (Wildman–Crippen MR) is 111 cm³/mol. The normalized spacial score (nSPS) is 16.7. The molecule has 3 rings (SSSR count). The molecule has 2 atom stereocenters. The summed E-state index contributed by atoms with van der Waals surface area (Å²) in [6, 6.07) is 13.8. The molecule has 5 nitrogen and oxygen atoms in total. The zero-order valence-electron chi connectivity index (χ0n) is 17.1. The van der Waals surface area contributed by atoms with E-state index in [1.807, 2.05) is 12.1 Å². The van der Waals surface area contributed by atoms with Gasteiger partial charge in [0, 0.05) is 6.54 Å². The number of benzene rings is 2. The molecule has 0 spiro atoms. The summed E-state index contributed by atoms with van der Waals surface area (Å²) >= 11 is 0. The van der Waals surface area contributed by atoms with Crippen molar-refractivity contribution >= 4 is 5.91 Å². The summed E-state index contributed by atoms with van der Waals surface area (Å²) in [4.78, 5) is 15.0. The van der Waals surface area contributed by atoms with Crippen LogP contribution >= 0.6 is 0 Å². The van der Waals surface area contributed by atoms with Gasteiger partial charge in [-0.2, -0.15) is 0 Å². The maximum absolute atomic E-state index is 13.0. The molecule has 156 valence electrons. The Labute approximate surface area is 171 Å². The van der Waals surface area contributed by atoms with Gasteiger partial charge in [-0.25, -0.2) is 4.39 Å². The van der Waals surface area contributed by atoms with E-state index in [9.17, 15) is 9.18 Å². The molecule has 0 radical (unpaired) electrons. The molecular formula is C23H29FN2O3. The van der Waals surface area contributed by atoms with Crippen LogP contribution in [0.15, 0.2) is 48.5 Å². The summed E-state index contributed by atoms with van der Waals surface area (Å²) in [6.45, 7) is 4.24.